The first-order valence-corrected chi connectivity index (χ1v) is 4.99. The summed E-state index contributed by atoms with van der Waals surface area (Å²) in [7, 11) is 1.77. The van der Waals surface area contributed by atoms with Gasteiger partial charge in [0.25, 0.3) is 0 Å². The van der Waals surface area contributed by atoms with Gasteiger partial charge >= 0.3 is 0 Å². The zero-order valence-electron chi connectivity index (χ0n) is 9.16. The van der Waals surface area contributed by atoms with Crippen LogP contribution in [-0.4, -0.2) is 17.0 Å². The van der Waals surface area contributed by atoms with Gasteiger partial charge in [-0.25, -0.2) is 14.4 Å². The second-order valence-corrected chi connectivity index (χ2v) is 3.42. The van der Waals surface area contributed by atoms with E-state index in [0.717, 1.165) is 0 Å². The molecule has 0 spiro atoms. The Balaban J connectivity index is 2.56. The highest BCUT2D eigenvalue weighted by Crippen LogP contribution is 2.22. The summed E-state index contributed by atoms with van der Waals surface area (Å²) in [6, 6.07) is 8.30. The molecule has 0 aliphatic heterocycles. The lowest BCUT2D eigenvalue weighted by Crippen LogP contribution is -1.98. The number of rotatable bonds is 2. The van der Waals surface area contributed by atoms with E-state index in [0.29, 0.717) is 22.9 Å². The number of anilines is 1. The van der Waals surface area contributed by atoms with E-state index in [1.54, 1.807) is 38.2 Å². The number of aryl methyl sites for hydroxylation is 1. The van der Waals surface area contributed by atoms with Crippen molar-refractivity contribution in [2.45, 2.75) is 6.92 Å². The van der Waals surface area contributed by atoms with E-state index in [1.165, 1.54) is 6.07 Å². The standard InChI is InChI=1S/C12H12FN3/c1-8-15-11(7-12(14-2)16-8)9-5-3-4-6-10(9)13/h3-7H,1-2H3,(H,14,15,16). The molecule has 0 aliphatic rings. The van der Waals surface area contributed by atoms with Crippen molar-refractivity contribution in [3.63, 3.8) is 0 Å². The van der Waals surface area contributed by atoms with Crippen LogP contribution in [0.25, 0.3) is 11.3 Å². The Hall–Kier alpha value is -1.97. The van der Waals surface area contributed by atoms with Gasteiger partial charge in [-0.2, -0.15) is 0 Å². The molecule has 1 N–H and O–H groups in total. The van der Waals surface area contributed by atoms with Gasteiger partial charge in [-0.3, -0.25) is 0 Å². The summed E-state index contributed by atoms with van der Waals surface area (Å²) in [6.07, 6.45) is 0. The third kappa shape index (κ3) is 2.00. The first kappa shape index (κ1) is 10.5. The summed E-state index contributed by atoms with van der Waals surface area (Å²) in [5.41, 5.74) is 1.08. The molecule has 0 saturated heterocycles. The van der Waals surface area contributed by atoms with Gasteiger partial charge in [-0.15, -0.1) is 0 Å². The van der Waals surface area contributed by atoms with Crippen LogP contribution in [0.1, 0.15) is 5.82 Å². The summed E-state index contributed by atoms with van der Waals surface area (Å²) in [6.45, 7) is 1.78. The van der Waals surface area contributed by atoms with E-state index in [1.807, 2.05) is 0 Å². The maximum Gasteiger partial charge on any atom is 0.132 e. The van der Waals surface area contributed by atoms with Crippen LogP contribution in [0.15, 0.2) is 30.3 Å². The summed E-state index contributed by atoms with van der Waals surface area (Å²) >= 11 is 0. The quantitative estimate of drug-likeness (QED) is 0.840. The molecular weight excluding hydrogens is 205 g/mol. The van der Waals surface area contributed by atoms with Crippen molar-refractivity contribution in [3.8, 4) is 11.3 Å². The number of hydrogen-bond donors (Lipinski definition) is 1. The maximum absolute atomic E-state index is 13.6. The highest BCUT2D eigenvalue weighted by Gasteiger charge is 2.07. The predicted molar refractivity (Wildman–Crippen MR) is 61.7 cm³/mol. The smallest absolute Gasteiger partial charge is 0.132 e. The van der Waals surface area contributed by atoms with E-state index in [-0.39, 0.29) is 5.82 Å². The number of hydrogen-bond acceptors (Lipinski definition) is 3. The van der Waals surface area contributed by atoms with Crippen LogP contribution in [0.3, 0.4) is 0 Å². The average Bonchev–Trinajstić information content (AvgIpc) is 2.28. The minimum absolute atomic E-state index is 0.275. The maximum atomic E-state index is 13.6. The lowest BCUT2D eigenvalue weighted by molar-refractivity contribution is 0.630. The Labute approximate surface area is 93.4 Å². The third-order valence-corrected chi connectivity index (χ3v) is 2.24. The topological polar surface area (TPSA) is 37.8 Å². The average molecular weight is 217 g/mol. The second-order valence-electron chi connectivity index (χ2n) is 3.42. The zero-order chi connectivity index (χ0) is 11.5. The van der Waals surface area contributed by atoms with Crippen LogP contribution in [0.5, 0.6) is 0 Å². The van der Waals surface area contributed by atoms with Gasteiger partial charge < -0.3 is 5.32 Å². The van der Waals surface area contributed by atoms with Crippen LogP contribution < -0.4 is 5.32 Å². The molecule has 1 heterocycles. The number of aromatic nitrogens is 2. The van der Waals surface area contributed by atoms with Crippen LogP contribution in [-0.2, 0) is 0 Å². The zero-order valence-corrected chi connectivity index (χ0v) is 9.16. The fourth-order valence-corrected chi connectivity index (χ4v) is 1.50. The third-order valence-electron chi connectivity index (χ3n) is 2.24. The van der Waals surface area contributed by atoms with Gasteiger partial charge in [0.15, 0.2) is 0 Å². The van der Waals surface area contributed by atoms with Gasteiger partial charge in [0.1, 0.15) is 17.5 Å². The minimum atomic E-state index is -0.275. The van der Waals surface area contributed by atoms with Crippen molar-refractivity contribution in [2.75, 3.05) is 12.4 Å². The van der Waals surface area contributed by atoms with Gasteiger partial charge in [0.2, 0.25) is 0 Å². The second kappa shape index (κ2) is 4.26. The normalized spacial score (nSPS) is 10.2. The number of nitrogens with zero attached hydrogens (tertiary/aromatic N) is 2. The molecule has 0 aliphatic carbocycles. The molecule has 2 aromatic rings. The molecule has 3 nitrogen and oxygen atoms in total. The van der Waals surface area contributed by atoms with E-state index < -0.39 is 0 Å². The molecule has 0 radical (unpaired) electrons. The van der Waals surface area contributed by atoms with Crippen LogP contribution in [0, 0.1) is 12.7 Å². The molecule has 0 atom stereocenters. The molecular formula is C12H12FN3. The van der Waals surface area contributed by atoms with Gasteiger partial charge in [0.05, 0.1) is 5.69 Å². The number of nitrogens with one attached hydrogen (secondary N) is 1. The van der Waals surface area contributed by atoms with Crippen molar-refractivity contribution in [1.29, 1.82) is 0 Å². The van der Waals surface area contributed by atoms with Crippen molar-refractivity contribution in [1.82, 2.24) is 9.97 Å². The van der Waals surface area contributed by atoms with Gasteiger partial charge in [0, 0.05) is 18.7 Å². The summed E-state index contributed by atoms with van der Waals surface area (Å²) < 4.78 is 13.6. The number of benzene rings is 1. The first-order chi connectivity index (χ1) is 7.70. The highest BCUT2D eigenvalue weighted by atomic mass is 19.1. The molecule has 0 saturated carbocycles. The van der Waals surface area contributed by atoms with Gasteiger partial charge in [-0.1, -0.05) is 12.1 Å². The Bertz CT molecular complexity index is 511. The summed E-state index contributed by atoms with van der Waals surface area (Å²) in [4.78, 5) is 8.38. The lowest BCUT2D eigenvalue weighted by atomic mass is 10.1. The Morgan fingerprint density at radius 1 is 1.19 bits per heavy atom. The molecule has 1 aromatic carbocycles. The Morgan fingerprint density at radius 2 is 1.94 bits per heavy atom. The lowest BCUT2D eigenvalue weighted by Gasteiger charge is -2.06. The SMILES string of the molecule is CNc1cc(-c2ccccc2F)nc(C)n1. The molecule has 82 valence electrons. The number of halogens is 1. The Kier molecular flexibility index (Phi) is 2.81. The summed E-state index contributed by atoms with van der Waals surface area (Å²) in [5.74, 6) is 1.03. The van der Waals surface area contributed by atoms with Gasteiger partial charge in [-0.05, 0) is 19.1 Å². The molecule has 0 unspecified atom stereocenters. The van der Waals surface area contributed by atoms with Crippen molar-refractivity contribution in [3.05, 3.63) is 42.0 Å². The minimum Gasteiger partial charge on any atom is -0.373 e. The molecule has 1 aromatic heterocycles. The van der Waals surface area contributed by atoms with Crippen LogP contribution in [0.2, 0.25) is 0 Å². The van der Waals surface area contributed by atoms with Crippen molar-refractivity contribution in [2.24, 2.45) is 0 Å². The van der Waals surface area contributed by atoms with Crippen molar-refractivity contribution < 1.29 is 4.39 Å². The molecule has 0 fully saturated rings. The summed E-state index contributed by atoms with van der Waals surface area (Å²) in [5, 5.41) is 2.92. The molecule has 4 heteroatoms. The van der Waals surface area contributed by atoms with E-state index in [2.05, 4.69) is 15.3 Å². The highest BCUT2D eigenvalue weighted by molar-refractivity contribution is 5.63. The molecule has 16 heavy (non-hydrogen) atoms. The van der Waals surface area contributed by atoms with Crippen LogP contribution in [0.4, 0.5) is 10.2 Å². The fourth-order valence-electron chi connectivity index (χ4n) is 1.50. The van der Waals surface area contributed by atoms with Crippen LogP contribution >= 0.6 is 0 Å². The predicted octanol–water partition coefficient (Wildman–Crippen LogP) is 2.63. The largest absolute Gasteiger partial charge is 0.373 e. The first-order valence-electron chi connectivity index (χ1n) is 4.99. The molecule has 2 rings (SSSR count). The van der Waals surface area contributed by atoms with E-state index >= 15 is 0 Å². The molecule has 0 amide bonds. The van der Waals surface area contributed by atoms with E-state index in [4.69, 9.17) is 0 Å². The monoisotopic (exact) mass is 217 g/mol. The molecule has 0 bridgehead atoms. The Morgan fingerprint density at radius 3 is 2.62 bits per heavy atom. The fraction of sp³-hybridized carbons (Fsp3) is 0.167. The van der Waals surface area contributed by atoms with E-state index in [9.17, 15) is 4.39 Å². The van der Waals surface area contributed by atoms with Crippen molar-refractivity contribution >= 4 is 5.82 Å².